The van der Waals surface area contributed by atoms with Gasteiger partial charge in [-0.2, -0.15) is 0 Å². The Bertz CT molecular complexity index is 127. The molecule has 0 unspecified atom stereocenters. The van der Waals surface area contributed by atoms with Gasteiger partial charge < -0.3 is 10.1 Å². The van der Waals surface area contributed by atoms with E-state index in [0.717, 1.165) is 19.7 Å². The molecule has 1 heterocycles. The van der Waals surface area contributed by atoms with E-state index in [2.05, 4.69) is 12.2 Å². The fraction of sp³-hybridized carbons (Fsp3) is 0.750. The lowest BCUT2D eigenvalue weighted by molar-refractivity contribution is -0.0535. The van der Waals surface area contributed by atoms with Gasteiger partial charge in [0.15, 0.2) is 0 Å². The fourth-order valence-corrected chi connectivity index (χ4v) is 0.925. The molecule has 2 nitrogen and oxygen atoms in total. The molecular weight excluding hydrogens is 126 g/mol. The zero-order valence-electron chi connectivity index (χ0n) is 6.68. The summed E-state index contributed by atoms with van der Waals surface area (Å²) in [6.45, 7) is 6.86. The molecule has 0 aromatic rings. The first kappa shape index (κ1) is 7.76. The van der Waals surface area contributed by atoms with E-state index in [0.29, 0.717) is 0 Å². The molecule has 0 aliphatic carbocycles. The van der Waals surface area contributed by atoms with Crippen LogP contribution in [0.25, 0.3) is 0 Å². The Morgan fingerprint density at radius 3 is 2.70 bits per heavy atom. The molecule has 2 heteroatoms. The highest BCUT2D eigenvalue weighted by atomic mass is 16.5. The summed E-state index contributed by atoms with van der Waals surface area (Å²) >= 11 is 0. The van der Waals surface area contributed by atoms with E-state index in [-0.39, 0.29) is 5.60 Å². The fourth-order valence-electron chi connectivity index (χ4n) is 0.925. The molecule has 0 amide bonds. The Labute approximate surface area is 62.3 Å². The van der Waals surface area contributed by atoms with Gasteiger partial charge in [-0.3, -0.25) is 0 Å². The second kappa shape index (κ2) is 3.17. The molecule has 0 spiro atoms. The van der Waals surface area contributed by atoms with Gasteiger partial charge in [-0.1, -0.05) is 12.2 Å². The molecule has 10 heavy (non-hydrogen) atoms. The number of hydrogen-bond donors (Lipinski definition) is 1. The van der Waals surface area contributed by atoms with Crippen molar-refractivity contribution in [3.05, 3.63) is 12.2 Å². The second-order valence-electron chi connectivity index (χ2n) is 2.93. The average Bonchev–Trinajstić information content (AvgIpc) is 1.85. The van der Waals surface area contributed by atoms with E-state index < -0.39 is 0 Å². The average molecular weight is 141 g/mol. The quantitative estimate of drug-likeness (QED) is 0.591. The van der Waals surface area contributed by atoms with Crippen molar-refractivity contribution in [2.24, 2.45) is 0 Å². The molecule has 1 aliphatic rings. The van der Waals surface area contributed by atoms with E-state index >= 15 is 0 Å². The van der Waals surface area contributed by atoms with E-state index in [9.17, 15) is 0 Å². The maximum Gasteiger partial charge on any atom is 0.0906 e. The third-order valence-corrected chi connectivity index (χ3v) is 1.76. The first-order valence-electron chi connectivity index (χ1n) is 3.73. The van der Waals surface area contributed by atoms with Gasteiger partial charge in [-0.15, -0.1) is 0 Å². The topological polar surface area (TPSA) is 21.3 Å². The summed E-state index contributed by atoms with van der Waals surface area (Å²) in [5.74, 6) is 0. The van der Waals surface area contributed by atoms with Crippen molar-refractivity contribution in [1.82, 2.24) is 5.32 Å². The predicted octanol–water partition coefficient (Wildman–Crippen LogP) is 0.941. The number of ether oxygens (including phenoxy) is 1. The van der Waals surface area contributed by atoms with Crippen LogP contribution in [-0.4, -0.2) is 25.3 Å². The van der Waals surface area contributed by atoms with Crippen LogP contribution in [-0.2, 0) is 4.74 Å². The highest BCUT2D eigenvalue weighted by Crippen LogP contribution is 2.14. The Morgan fingerprint density at radius 2 is 2.30 bits per heavy atom. The molecule has 0 atom stereocenters. The molecule has 1 saturated heterocycles. The lowest BCUT2D eigenvalue weighted by Gasteiger charge is -2.38. The largest absolute Gasteiger partial charge is 0.369 e. The summed E-state index contributed by atoms with van der Waals surface area (Å²) < 4.78 is 5.56. The predicted molar refractivity (Wildman–Crippen MR) is 42.0 cm³/mol. The molecule has 0 bridgehead atoms. The van der Waals surface area contributed by atoms with Gasteiger partial charge in [-0.25, -0.2) is 0 Å². The molecule has 1 aliphatic heterocycles. The van der Waals surface area contributed by atoms with Crippen LogP contribution < -0.4 is 5.32 Å². The maximum atomic E-state index is 5.56. The van der Waals surface area contributed by atoms with Crippen LogP contribution in [0, 0.1) is 0 Å². The summed E-state index contributed by atoms with van der Waals surface area (Å²) in [6.07, 6.45) is 4.04. The summed E-state index contributed by atoms with van der Waals surface area (Å²) in [6, 6.07) is 0. The third kappa shape index (κ3) is 1.82. The van der Waals surface area contributed by atoms with Crippen molar-refractivity contribution in [2.45, 2.75) is 19.4 Å². The molecule has 0 aromatic heterocycles. The van der Waals surface area contributed by atoms with Gasteiger partial charge in [0.05, 0.1) is 12.2 Å². The lowest BCUT2D eigenvalue weighted by Crippen LogP contribution is -2.58. The summed E-state index contributed by atoms with van der Waals surface area (Å²) in [5, 5.41) is 3.18. The zero-order chi connectivity index (χ0) is 7.45. The van der Waals surface area contributed by atoms with Gasteiger partial charge in [0.2, 0.25) is 0 Å². The van der Waals surface area contributed by atoms with Crippen LogP contribution in [0.2, 0.25) is 0 Å². The van der Waals surface area contributed by atoms with Crippen LogP contribution in [0.3, 0.4) is 0 Å². The first-order chi connectivity index (χ1) is 4.77. The van der Waals surface area contributed by atoms with E-state index in [1.54, 1.807) is 0 Å². The van der Waals surface area contributed by atoms with Gasteiger partial charge >= 0.3 is 0 Å². The monoisotopic (exact) mass is 141 g/mol. The number of rotatable bonds is 3. The van der Waals surface area contributed by atoms with Crippen LogP contribution in [0.5, 0.6) is 0 Å². The summed E-state index contributed by atoms with van der Waals surface area (Å²) in [4.78, 5) is 0. The van der Waals surface area contributed by atoms with Crippen LogP contribution >= 0.6 is 0 Å². The van der Waals surface area contributed by atoms with Crippen molar-refractivity contribution in [1.29, 1.82) is 0 Å². The minimum absolute atomic E-state index is 0.111. The highest BCUT2D eigenvalue weighted by Gasteiger charge is 2.31. The van der Waals surface area contributed by atoms with Crippen molar-refractivity contribution in [3.63, 3.8) is 0 Å². The molecule has 0 radical (unpaired) electrons. The van der Waals surface area contributed by atoms with Crippen LogP contribution in [0.15, 0.2) is 12.2 Å². The molecule has 1 rings (SSSR count). The Balaban J connectivity index is 2.12. The molecule has 58 valence electrons. The van der Waals surface area contributed by atoms with Crippen LogP contribution in [0.1, 0.15) is 13.8 Å². The third-order valence-electron chi connectivity index (χ3n) is 1.76. The Hall–Kier alpha value is -0.340. The van der Waals surface area contributed by atoms with E-state index in [1.165, 1.54) is 0 Å². The first-order valence-corrected chi connectivity index (χ1v) is 3.73. The second-order valence-corrected chi connectivity index (χ2v) is 2.93. The summed E-state index contributed by atoms with van der Waals surface area (Å²) in [5.41, 5.74) is 0.111. The summed E-state index contributed by atoms with van der Waals surface area (Å²) in [7, 11) is 0. The van der Waals surface area contributed by atoms with Crippen LogP contribution in [0.4, 0.5) is 0 Å². The van der Waals surface area contributed by atoms with Crippen molar-refractivity contribution >= 4 is 0 Å². The van der Waals surface area contributed by atoms with Crippen molar-refractivity contribution < 1.29 is 4.74 Å². The van der Waals surface area contributed by atoms with Gasteiger partial charge in [0, 0.05) is 13.1 Å². The molecule has 1 N–H and O–H groups in total. The van der Waals surface area contributed by atoms with Crippen molar-refractivity contribution in [3.8, 4) is 0 Å². The Morgan fingerprint density at radius 1 is 1.60 bits per heavy atom. The molecule has 1 fully saturated rings. The molecule has 0 aromatic carbocycles. The normalized spacial score (nSPS) is 23.0. The van der Waals surface area contributed by atoms with Gasteiger partial charge in [0.1, 0.15) is 0 Å². The van der Waals surface area contributed by atoms with Crippen molar-refractivity contribution in [2.75, 3.05) is 19.7 Å². The minimum Gasteiger partial charge on any atom is -0.369 e. The highest BCUT2D eigenvalue weighted by molar-refractivity contribution is 4.91. The smallest absolute Gasteiger partial charge is 0.0906 e. The molecule has 0 saturated carbocycles. The standard InChI is InChI=1S/C8H15NO/c1-3-4-5-10-8(2)6-9-7-8/h3-4,9H,5-7H2,1-2H3/b4-3+. The van der Waals surface area contributed by atoms with E-state index in [1.807, 2.05) is 19.1 Å². The number of nitrogens with one attached hydrogen (secondary N) is 1. The maximum absolute atomic E-state index is 5.56. The van der Waals surface area contributed by atoms with Gasteiger partial charge in [0.25, 0.3) is 0 Å². The number of hydrogen-bond acceptors (Lipinski definition) is 2. The SMILES string of the molecule is C/C=C/COC1(C)CNC1. The lowest BCUT2D eigenvalue weighted by atomic mass is 10.0. The minimum atomic E-state index is 0.111. The zero-order valence-corrected chi connectivity index (χ0v) is 6.68. The molecular formula is C8H15NO. The number of allylic oxidation sites excluding steroid dienone is 1. The van der Waals surface area contributed by atoms with Gasteiger partial charge in [-0.05, 0) is 13.8 Å². The Kier molecular flexibility index (Phi) is 2.46. The van der Waals surface area contributed by atoms with E-state index in [4.69, 9.17) is 4.74 Å².